The van der Waals surface area contributed by atoms with Crippen molar-refractivity contribution in [3.63, 3.8) is 0 Å². The van der Waals surface area contributed by atoms with Crippen LogP contribution in [-0.4, -0.2) is 10.2 Å². The molecule has 0 spiro atoms. The quantitative estimate of drug-likeness (QED) is 0.482. The lowest BCUT2D eigenvalue weighted by molar-refractivity contribution is 0.403. The highest BCUT2D eigenvalue weighted by Gasteiger charge is 2.00. The molecule has 17 heavy (non-hydrogen) atoms. The first kappa shape index (κ1) is 11.1. The Kier molecular flexibility index (Phi) is 3.05. The predicted octanol–water partition coefficient (Wildman–Crippen LogP) is 2.29. The third kappa shape index (κ3) is 2.81. The first-order chi connectivity index (χ1) is 8.15. The zero-order chi connectivity index (χ0) is 12.3. The van der Waals surface area contributed by atoms with Crippen LogP contribution in [0.3, 0.4) is 0 Å². The van der Waals surface area contributed by atoms with E-state index in [1.807, 2.05) is 24.3 Å². The van der Waals surface area contributed by atoms with Crippen LogP contribution in [-0.2, 0) is 6.54 Å². The van der Waals surface area contributed by atoms with Crippen molar-refractivity contribution in [1.29, 1.82) is 0 Å². The fraction of sp³-hybridized carbons (Fsp3) is 0.0769. The van der Waals surface area contributed by atoms with E-state index < -0.39 is 0 Å². The van der Waals surface area contributed by atoms with Crippen LogP contribution in [0, 0.1) is 0 Å². The number of hydrogen-bond donors (Lipinski definition) is 4. The highest BCUT2D eigenvalue weighted by Crippen LogP contribution is 2.25. The van der Waals surface area contributed by atoms with E-state index in [0.717, 1.165) is 16.9 Å². The summed E-state index contributed by atoms with van der Waals surface area (Å²) in [4.78, 5) is 0. The number of hydrogen-bond acceptors (Lipinski definition) is 4. The average molecular weight is 230 g/mol. The van der Waals surface area contributed by atoms with Crippen LogP contribution in [0.15, 0.2) is 42.5 Å². The van der Waals surface area contributed by atoms with Gasteiger partial charge in [-0.3, -0.25) is 0 Å². The SMILES string of the molecule is Nc1ccc(NCc2ccc(O)c(O)c2)cc1. The van der Waals surface area contributed by atoms with Crippen LogP contribution in [0.5, 0.6) is 11.5 Å². The Morgan fingerprint density at radius 2 is 1.65 bits per heavy atom. The molecule has 88 valence electrons. The lowest BCUT2D eigenvalue weighted by Crippen LogP contribution is -1.99. The maximum Gasteiger partial charge on any atom is 0.157 e. The van der Waals surface area contributed by atoms with Gasteiger partial charge >= 0.3 is 0 Å². The Balaban J connectivity index is 2.02. The van der Waals surface area contributed by atoms with Gasteiger partial charge in [-0.1, -0.05) is 6.07 Å². The number of rotatable bonds is 3. The summed E-state index contributed by atoms with van der Waals surface area (Å²) in [5.74, 6) is -0.220. The Morgan fingerprint density at radius 3 is 2.29 bits per heavy atom. The summed E-state index contributed by atoms with van der Waals surface area (Å²) in [6.07, 6.45) is 0. The molecule has 0 saturated heterocycles. The molecular formula is C13H14N2O2. The minimum Gasteiger partial charge on any atom is -0.504 e. The standard InChI is InChI=1S/C13H14N2O2/c14-10-2-4-11(5-3-10)15-8-9-1-6-12(16)13(17)7-9/h1-7,15-17H,8,14H2. The normalized spacial score (nSPS) is 10.1. The molecule has 0 aliphatic heterocycles. The molecule has 0 heterocycles. The molecule has 0 fully saturated rings. The summed E-state index contributed by atoms with van der Waals surface area (Å²) in [5, 5.41) is 21.7. The van der Waals surface area contributed by atoms with Gasteiger partial charge in [0.25, 0.3) is 0 Å². The Hall–Kier alpha value is -2.36. The minimum atomic E-state index is -0.110. The summed E-state index contributed by atoms with van der Waals surface area (Å²) in [6.45, 7) is 0.567. The van der Waals surface area contributed by atoms with E-state index >= 15 is 0 Å². The number of nitrogens with two attached hydrogens (primary N) is 1. The number of phenolic OH excluding ortho intramolecular Hbond substituents is 2. The van der Waals surface area contributed by atoms with Crippen molar-refractivity contribution in [3.05, 3.63) is 48.0 Å². The van der Waals surface area contributed by atoms with Gasteiger partial charge in [0.2, 0.25) is 0 Å². The summed E-state index contributed by atoms with van der Waals surface area (Å²) in [6, 6.07) is 12.1. The topological polar surface area (TPSA) is 78.5 Å². The van der Waals surface area contributed by atoms with Crippen LogP contribution >= 0.6 is 0 Å². The zero-order valence-corrected chi connectivity index (χ0v) is 9.22. The van der Waals surface area contributed by atoms with E-state index in [4.69, 9.17) is 5.73 Å². The maximum atomic E-state index is 9.34. The van der Waals surface area contributed by atoms with Gasteiger partial charge in [-0.15, -0.1) is 0 Å². The molecule has 0 aliphatic rings. The maximum absolute atomic E-state index is 9.34. The van der Waals surface area contributed by atoms with Gasteiger partial charge in [0, 0.05) is 17.9 Å². The lowest BCUT2D eigenvalue weighted by Gasteiger charge is -2.07. The molecule has 4 nitrogen and oxygen atoms in total. The van der Waals surface area contributed by atoms with Gasteiger partial charge in [0.05, 0.1) is 0 Å². The molecule has 0 atom stereocenters. The Bertz CT molecular complexity index is 509. The third-order valence-corrected chi connectivity index (χ3v) is 2.45. The van der Waals surface area contributed by atoms with Crippen molar-refractivity contribution in [1.82, 2.24) is 0 Å². The van der Waals surface area contributed by atoms with Gasteiger partial charge in [-0.25, -0.2) is 0 Å². The first-order valence-electron chi connectivity index (χ1n) is 5.25. The summed E-state index contributed by atoms with van der Waals surface area (Å²) < 4.78 is 0. The highest BCUT2D eigenvalue weighted by molar-refractivity contribution is 5.51. The number of nitrogens with one attached hydrogen (secondary N) is 1. The second kappa shape index (κ2) is 4.65. The van der Waals surface area contributed by atoms with E-state index in [2.05, 4.69) is 5.32 Å². The number of benzene rings is 2. The third-order valence-electron chi connectivity index (χ3n) is 2.45. The molecule has 0 radical (unpaired) electrons. The van der Waals surface area contributed by atoms with E-state index in [1.54, 1.807) is 6.07 Å². The molecule has 0 aromatic heterocycles. The van der Waals surface area contributed by atoms with Gasteiger partial charge < -0.3 is 21.3 Å². The molecular weight excluding hydrogens is 216 g/mol. The van der Waals surface area contributed by atoms with Crippen molar-refractivity contribution in [3.8, 4) is 11.5 Å². The van der Waals surface area contributed by atoms with E-state index in [1.165, 1.54) is 12.1 Å². The monoisotopic (exact) mass is 230 g/mol. The van der Waals surface area contributed by atoms with Crippen LogP contribution in [0.25, 0.3) is 0 Å². The van der Waals surface area contributed by atoms with E-state index in [-0.39, 0.29) is 11.5 Å². The van der Waals surface area contributed by atoms with Crippen LogP contribution in [0.1, 0.15) is 5.56 Å². The van der Waals surface area contributed by atoms with Crippen molar-refractivity contribution in [2.45, 2.75) is 6.54 Å². The van der Waals surface area contributed by atoms with E-state index in [9.17, 15) is 10.2 Å². The molecule has 2 rings (SSSR count). The molecule has 0 unspecified atom stereocenters. The molecule has 0 bridgehead atoms. The van der Waals surface area contributed by atoms with Crippen molar-refractivity contribution < 1.29 is 10.2 Å². The molecule has 0 aliphatic carbocycles. The second-order valence-electron chi connectivity index (χ2n) is 3.80. The molecule has 2 aromatic carbocycles. The molecule has 0 saturated carbocycles. The highest BCUT2D eigenvalue weighted by atomic mass is 16.3. The average Bonchev–Trinajstić information content (AvgIpc) is 2.33. The largest absolute Gasteiger partial charge is 0.504 e. The van der Waals surface area contributed by atoms with Gasteiger partial charge in [0.15, 0.2) is 11.5 Å². The van der Waals surface area contributed by atoms with Crippen LogP contribution in [0.4, 0.5) is 11.4 Å². The fourth-order valence-electron chi connectivity index (χ4n) is 1.48. The number of aromatic hydroxyl groups is 2. The van der Waals surface area contributed by atoms with Gasteiger partial charge in [0.1, 0.15) is 0 Å². The van der Waals surface area contributed by atoms with Crippen LogP contribution < -0.4 is 11.1 Å². The molecule has 0 amide bonds. The van der Waals surface area contributed by atoms with Crippen LogP contribution in [0.2, 0.25) is 0 Å². The summed E-state index contributed by atoms with van der Waals surface area (Å²) >= 11 is 0. The summed E-state index contributed by atoms with van der Waals surface area (Å²) in [5.41, 5.74) is 8.14. The molecule has 5 N–H and O–H groups in total. The number of nitrogen functional groups attached to an aromatic ring is 1. The number of phenols is 2. The second-order valence-corrected chi connectivity index (χ2v) is 3.80. The van der Waals surface area contributed by atoms with Crippen molar-refractivity contribution in [2.24, 2.45) is 0 Å². The Labute approximate surface area is 99.3 Å². The van der Waals surface area contributed by atoms with Crippen molar-refractivity contribution in [2.75, 3.05) is 11.1 Å². The Morgan fingerprint density at radius 1 is 0.941 bits per heavy atom. The predicted molar refractivity (Wildman–Crippen MR) is 68.0 cm³/mol. The van der Waals surface area contributed by atoms with Gasteiger partial charge in [-0.2, -0.15) is 0 Å². The molecule has 2 aromatic rings. The van der Waals surface area contributed by atoms with Crippen molar-refractivity contribution >= 4 is 11.4 Å². The fourth-order valence-corrected chi connectivity index (χ4v) is 1.48. The smallest absolute Gasteiger partial charge is 0.157 e. The summed E-state index contributed by atoms with van der Waals surface area (Å²) in [7, 11) is 0. The number of anilines is 2. The minimum absolute atomic E-state index is 0.110. The lowest BCUT2D eigenvalue weighted by atomic mass is 10.2. The van der Waals surface area contributed by atoms with Gasteiger partial charge in [-0.05, 0) is 42.0 Å². The zero-order valence-electron chi connectivity index (χ0n) is 9.22. The first-order valence-corrected chi connectivity index (χ1v) is 5.25. The molecule has 4 heteroatoms. The van der Waals surface area contributed by atoms with E-state index in [0.29, 0.717) is 6.54 Å².